The normalized spacial score (nSPS) is 31.4. The molecule has 0 heterocycles. The predicted octanol–water partition coefficient (Wildman–Crippen LogP) is 3.90. The monoisotopic (exact) mass is 210 g/mol. The first-order valence-electron chi connectivity index (χ1n) is 6.74. The van der Waals surface area contributed by atoms with Gasteiger partial charge in [0.05, 0.1) is 5.60 Å². The maximum Gasteiger partial charge on any atom is 0.0676 e. The van der Waals surface area contributed by atoms with Gasteiger partial charge in [0, 0.05) is 0 Å². The fourth-order valence-corrected chi connectivity index (χ4v) is 3.41. The molecule has 0 unspecified atom stereocenters. The van der Waals surface area contributed by atoms with Crippen LogP contribution in [-0.2, 0) is 0 Å². The molecule has 2 fully saturated rings. The van der Waals surface area contributed by atoms with Crippen LogP contribution in [0, 0.1) is 11.3 Å². The molecule has 1 N–H and O–H groups in total. The summed E-state index contributed by atoms with van der Waals surface area (Å²) in [4.78, 5) is 0. The second kappa shape index (κ2) is 4.08. The molecule has 2 rings (SSSR count). The highest BCUT2D eigenvalue weighted by molar-refractivity contribution is 4.94. The topological polar surface area (TPSA) is 20.2 Å². The first kappa shape index (κ1) is 11.4. The first-order valence-corrected chi connectivity index (χ1v) is 6.74. The molecular formula is C14H26O. The predicted molar refractivity (Wildman–Crippen MR) is 63.8 cm³/mol. The molecule has 2 saturated carbocycles. The zero-order valence-corrected chi connectivity index (χ0v) is 10.4. The van der Waals surface area contributed by atoms with Gasteiger partial charge in [0.15, 0.2) is 0 Å². The molecule has 0 saturated heterocycles. The molecule has 0 aromatic rings. The minimum atomic E-state index is -0.296. The van der Waals surface area contributed by atoms with Crippen molar-refractivity contribution in [3.05, 3.63) is 0 Å². The van der Waals surface area contributed by atoms with Gasteiger partial charge in [-0.2, -0.15) is 0 Å². The third kappa shape index (κ3) is 2.55. The van der Waals surface area contributed by atoms with Gasteiger partial charge in [-0.3, -0.25) is 0 Å². The summed E-state index contributed by atoms with van der Waals surface area (Å²) < 4.78 is 0. The van der Waals surface area contributed by atoms with Gasteiger partial charge in [-0.25, -0.2) is 0 Å². The molecule has 0 aromatic carbocycles. The second-order valence-corrected chi connectivity index (χ2v) is 6.60. The van der Waals surface area contributed by atoms with E-state index in [-0.39, 0.29) is 5.60 Å². The van der Waals surface area contributed by atoms with Gasteiger partial charge in [-0.05, 0) is 49.9 Å². The molecule has 0 bridgehead atoms. The Bertz CT molecular complexity index is 203. The summed E-state index contributed by atoms with van der Waals surface area (Å²) in [5, 5.41) is 10.7. The van der Waals surface area contributed by atoms with E-state index < -0.39 is 0 Å². The van der Waals surface area contributed by atoms with Crippen molar-refractivity contribution in [1.29, 1.82) is 0 Å². The fourth-order valence-electron chi connectivity index (χ4n) is 3.41. The van der Waals surface area contributed by atoms with Crippen LogP contribution >= 0.6 is 0 Å². The smallest absolute Gasteiger partial charge is 0.0676 e. The van der Waals surface area contributed by atoms with Crippen LogP contribution in [0.15, 0.2) is 0 Å². The number of aliphatic hydroxyl groups is 1. The number of hydrogen-bond acceptors (Lipinski definition) is 1. The molecule has 88 valence electrons. The summed E-state index contributed by atoms with van der Waals surface area (Å²) in [5.41, 5.74) is 0.177. The van der Waals surface area contributed by atoms with Crippen LogP contribution in [0.4, 0.5) is 0 Å². The van der Waals surface area contributed by atoms with Crippen molar-refractivity contribution in [3.63, 3.8) is 0 Å². The van der Waals surface area contributed by atoms with Crippen molar-refractivity contribution in [1.82, 2.24) is 0 Å². The standard InChI is InChI=1S/C14H26O/c1-13(2)8-10-14(15,11-9-13)12-6-4-3-5-7-12/h12,15H,3-11H2,1-2H3. The second-order valence-electron chi connectivity index (χ2n) is 6.60. The van der Waals surface area contributed by atoms with E-state index in [1.54, 1.807) is 0 Å². The van der Waals surface area contributed by atoms with E-state index in [9.17, 15) is 5.11 Å². The lowest BCUT2D eigenvalue weighted by Crippen LogP contribution is -2.44. The lowest BCUT2D eigenvalue weighted by atomic mass is 9.64. The van der Waals surface area contributed by atoms with E-state index in [0.29, 0.717) is 11.3 Å². The molecule has 0 amide bonds. The van der Waals surface area contributed by atoms with Gasteiger partial charge in [0.1, 0.15) is 0 Å². The van der Waals surface area contributed by atoms with E-state index >= 15 is 0 Å². The maximum atomic E-state index is 10.7. The molecule has 0 atom stereocenters. The van der Waals surface area contributed by atoms with E-state index in [0.717, 1.165) is 12.8 Å². The van der Waals surface area contributed by atoms with Crippen LogP contribution in [0.1, 0.15) is 71.6 Å². The Hall–Kier alpha value is -0.0400. The van der Waals surface area contributed by atoms with Crippen molar-refractivity contribution in [2.24, 2.45) is 11.3 Å². The van der Waals surface area contributed by atoms with E-state index in [4.69, 9.17) is 0 Å². The Morgan fingerprint density at radius 3 is 1.93 bits per heavy atom. The van der Waals surface area contributed by atoms with E-state index in [1.807, 2.05) is 0 Å². The average molecular weight is 210 g/mol. The van der Waals surface area contributed by atoms with Crippen LogP contribution < -0.4 is 0 Å². The molecule has 0 aliphatic heterocycles. The molecular weight excluding hydrogens is 184 g/mol. The third-order valence-corrected chi connectivity index (χ3v) is 4.83. The Morgan fingerprint density at radius 1 is 0.867 bits per heavy atom. The Morgan fingerprint density at radius 2 is 1.40 bits per heavy atom. The van der Waals surface area contributed by atoms with Crippen molar-refractivity contribution in [2.45, 2.75) is 77.2 Å². The number of rotatable bonds is 1. The minimum absolute atomic E-state index is 0.296. The van der Waals surface area contributed by atoms with Crippen molar-refractivity contribution in [3.8, 4) is 0 Å². The van der Waals surface area contributed by atoms with Crippen LogP contribution in [0.5, 0.6) is 0 Å². The summed E-state index contributed by atoms with van der Waals surface area (Å²) in [6, 6.07) is 0. The van der Waals surface area contributed by atoms with Crippen LogP contribution in [-0.4, -0.2) is 10.7 Å². The summed E-state index contributed by atoms with van der Waals surface area (Å²) in [6.07, 6.45) is 11.1. The van der Waals surface area contributed by atoms with Gasteiger partial charge < -0.3 is 5.11 Å². The highest BCUT2D eigenvalue weighted by Gasteiger charge is 2.42. The van der Waals surface area contributed by atoms with Crippen molar-refractivity contribution in [2.75, 3.05) is 0 Å². The molecule has 0 radical (unpaired) electrons. The molecule has 2 aliphatic carbocycles. The van der Waals surface area contributed by atoms with Gasteiger partial charge in [-0.1, -0.05) is 33.1 Å². The largest absolute Gasteiger partial charge is 0.390 e. The zero-order chi connectivity index (χ0) is 10.9. The van der Waals surface area contributed by atoms with Crippen LogP contribution in [0.25, 0.3) is 0 Å². The molecule has 1 heteroatoms. The lowest BCUT2D eigenvalue weighted by molar-refractivity contribution is -0.0815. The van der Waals surface area contributed by atoms with Gasteiger partial charge in [0.25, 0.3) is 0 Å². The van der Waals surface area contributed by atoms with Crippen LogP contribution in [0.3, 0.4) is 0 Å². The maximum absolute atomic E-state index is 10.7. The SMILES string of the molecule is CC1(C)CCC(O)(C2CCCCC2)CC1. The highest BCUT2D eigenvalue weighted by Crippen LogP contribution is 2.46. The van der Waals surface area contributed by atoms with E-state index in [2.05, 4.69) is 13.8 Å². The van der Waals surface area contributed by atoms with Crippen molar-refractivity contribution >= 4 is 0 Å². The summed E-state index contributed by atoms with van der Waals surface area (Å²) in [7, 11) is 0. The average Bonchev–Trinajstić information content (AvgIpc) is 2.24. The molecule has 0 spiro atoms. The molecule has 1 nitrogen and oxygen atoms in total. The van der Waals surface area contributed by atoms with Crippen molar-refractivity contribution < 1.29 is 5.11 Å². The molecule has 0 aromatic heterocycles. The minimum Gasteiger partial charge on any atom is -0.390 e. The Balaban J connectivity index is 1.95. The highest BCUT2D eigenvalue weighted by atomic mass is 16.3. The fraction of sp³-hybridized carbons (Fsp3) is 1.00. The Labute approximate surface area is 94.3 Å². The lowest BCUT2D eigenvalue weighted by Gasteiger charge is -2.45. The van der Waals surface area contributed by atoms with Gasteiger partial charge in [-0.15, -0.1) is 0 Å². The van der Waals surface area contributed by atoms with Gasteiger partial charge in [0.2, 0.25) is 0 Å². The molecule has 2 aliphatic rings. The third-order valence-electron chi connectivity index (χ3n) is 4.83. The van der Waals surface area contributed by atoms with E-state index in [1.165, 1.54) is 44.9 Å². The number of hydrogen-bond donors (Lipinski definition) is 1. The Kier molecular flexibility index (Phi) is 3.12. The van der Waals surface area contributed by atoms with Gasteiger partial charge >= 0.3 is 0 Å². The summed E-state index contributed by atoms with van der Waals surface area (Å²) >= 11 is 0. The molecule has 15 heavy (non-hydrogen) atoms. The zero-order valence-electron chi connectivity index (χ0n) is 10.4. The summed E-state index contributed by atoms with van der Waals surface area (Å²) in [6.45, 7) is 4.68. The first-order chi connectivity index (χ1) is 7.02. The quantitative estimate of drug-likeness (QED) is 0.696. The van der Waals surface area contributed by atoms with Crippen LogP contribution in [0.2, 0.25) is 0 Å². The summed E-state index contributed by atoms with van der Waals surface area (Å²) in [5.74, 6) is 0.613.